The molecule has 0 aliphatic carbocycles. The van der Waals surface area contributed by atoms with E-state index in [0.29, 0.717) is 13.1 Å². The Morgan fingerprint density at radius 2 is 2.16 bits per heavy atom. The van der Waals surface area contributed by atoms with Crippen LogP contribution in [0.3, 0.4) is 0 Å². The van der Waals surface area contributed by atoms with E-state index in [4.69, 9.17) is 0 Å². The summed E-state index contributed by atoms with van der Waals surface area (Å²) in [5, 5.41) is 2.68. The van der Waals surface area contributed by atoms with Crippen LogP contribution in [0.4, 0.5) is 0 Å². The molecular formula is C18H21N5O2. The number of nitrogens with zero attached hydrogens (tertiary/aromatic N) is 4. The fourth-order valence-corrected chi connectivity index (χ4v) is 3.59. The molecule has 1 N–H and O–H groups in total. The molecule has 7 heteroatoms. The molecule has 130 valence electrons. The van der Waals surface area contributed by atoms with Crippen molar-refractivity contribution in [2.24, 2.45) is 0 Å². The summed E-state index contributed by atoms with van der Waals surface area (Å²) in [4.78, 5) is 31.5. The zero-order chi connectivity index (χ0) is 17.4. The van der Waals surface area contributed by atoms with Crippen molar-refractivity contribution in [3.05, 3.63) is 48.0 Å². The van der Waals surface area contributed by atoms with Crippen LogP contribution in [0.2, 0.25) is 0 Å². The summed E-state index contributed by atoms with van der Waals surface area (Å²) in [6, 6.07) is 6.50. The predicted molar refractivity (Wildman–Crippen MR) is 92.1 cm³/mol. The highest BCUT2D eigenvalue weighted by Crippen LogP contribution is 2.19. The topological polar surface area (TPSA) is 70.5 Å². The third kappa shape index (κ3) is 3.02. The lowest BCUT2D eigenvalue weighted by molar-refractivity contribution is -0.152. The molecule has 25 heavy (non-hydrogen) atoms. The number of carbonyl (C=O) groups excluding carboxylic acids is 2. The second-order valence-electron chi connectivity index (χ2n) is 6.68. The largest absolute Gasteiger partial charge is 0.346 e. The summed E-state index contributed by atoms with van der Waals surface area (Å²) in [7, 11) is 0. The molecule has 0 spiro atoms. The Morgan fingerprint density at radius 1 is 1.28 bits per heavy atom. The fourth-order valence-electron chi connectivity index (χ4n) is 3.59. The number of rotatable bonds is 3. The third-order valence-electron chi connectivity index (χ3n) is 5.04. The van der Waals surface area contributed by atoms with Gasteiger partial charge < -0.3 is 14.8 Å². The summed E-state index contributed by atoms with van der Waals surface area (Å²) in [6.45, 7) is 5.70. The number of carbonyl (C=O) groups is 2. The maximum Gasteiger partial charge on any atom is 0.312 e. The summed E-state index contributed by atoms with van der Waals surface area (Å²) >= 11 is 0. The number of fused-ring (bicyclic) bond motifs is 1. The van der Waals surface area contributed by atoms with E-state index in [9.17, 15) is 9.59 Å². The van der Waals surface area contributed by atoms with Crippen LogP contribution in [-0.4, -0.2) is 63.4 Å². The minimum absolute atomic E-state index is 0.0736. The number of amides is 2. The molecule has 2 aromatic rings. The molecule has 0 bridgehead atoms. The van der Waals surface area contributed by atoms with Crippen LogP contribution in [-0.2, 0) is 16.1 Å². The molecule has 0 unspecified atom stereocenters. The van der Waals surface area contributed by atoms with E-state index < -0.39 is 11.8 Å². The number of hydrogen-bond donors (Lipinski definition) is 1. The highest BCUT2D eigenvalue weighted by molar-refractivity contribution is 6.35. The van der Waals surface area contributed by atoms with Gasteiger partial charge in [0.05, 0.1) is 12.4 Å². The number of piperazine rings is 2. The SMILES string of the molecule is Cc1cc(-n2ccnc2)ccc1CN1CCN2C(=O)C(=O)NC[C@@H]2C1. The Hall–Kier alpha value is -2.67. The van der Waals surface area contributed by atoms with Gasteiger partial charge in [-0.05, 0) is 30.2 Å². The Kier molecular flexibility index (Phi) is 4.01. The minimum Gasteiger partial charge on any atom is -0.346 e. The Bertz CT molecular complexity index is 802. The van der Waals surface area contributed by atoms with Gasteiger partial charge in [0.2, 0.25) is 0 Å². The Labute approximate surface area is 146 Å². The first kappa shape index (κ1) is 15.8. The predicted octanol–water partition coefficient (Wildman–Crippen LogP) is 0.323. The van der Waals surface area contributed by atoms with Crippen molar-refractivity contribution in [3.63, 3.8) is 0 Å². The van der Waals surface area contributed by atoms with Gasteiger partial charge in [0.15, 0.2) is 0 Å². The molecular weight excluding hydrogens is 318 g/mol. The highest BCUT2D eigenvalue weighted by atomic mass is 16.2. The molecule has 1 atom stereocenters. The average molecular weight is 339 g/mol. The number of nitrogens with one attached hydrogen (secondary N) is 1. The van der Waals surface area contributed by atoms with Gasteiger partial charge in [-0.3, -0.25) is 14.5 Å². The standard InChI is InChI=1S/C18H21N5O2/c1-13-8-15(22-5-4-19-12-22)3-2-14(13)10-21-6-7-23-16(11-21)9-20-17(24)18(23)25/h2-5,8,12,16H,6-7,9-11H2,1H3,(H,20,24)/t16-/m1/s1. The van der Waals surface area contributed by atoms with Crippen molar-refractivity contribution >= 4 is 11.8 Å². The summed E-state index contributed by atoms with van der Waals surface area (Å²) in [6.07, 6.45) is 5.50. The molecule has 2 aliphatic rings. The van der Waals surface area contributed by atoms with Crippen molar-refractivity contribution in [2.45, 2.75) is 19.5 Å². The zero-order valence-corrected chi connectivity index (χ0v) is 14.2. The summed E-state index contributed by atoms with van der Waals surface area (Å²) in [5.41, 5.74) is 3.62. The van der Waals surface area contributed by atoms with Crippen molar-refractivity contribution in [1.29, 1.82) is 0 Å². The van der Waals surface area contributed by atoms with Gasteiger partial charge in [-0.2, -0.15) is 0 Å². The molecule has 2 aliphatic heterocycles. The van der Waals surface area contributed by atoms with E-state index >= 15 is 0 Å². The zero-order valence-electron chi connectivity index (χ0n) is 14.2. The normalized spacial score (nSPS) is 21.2. The van der Waals surface area contributed by atoms with E-state index in [0.717, 1.165) is 25.3 Å². The van der Waals surface area contributed by atoms with Crippen LogP contribution < -0.4 is 5.32 Å². The van der Waals surface area contributed by atoms with Crippen LogP contribution >= 0.6 is 0 Å². The Balaban J connectivity index is 1.45. The molecule has 3 heterocycles. The van der Waals surface area contributed by atoms with E-state index in [1.54, 1.807) is 17.4 Å². The molecule has 2 amide bonds. The van der Waals surface area contributed by atoms with Crippen LogP contribution in [0.15, 0.2) is 36.9 Å². The van der Waals surface area contributed by atoms with E-state index in [2.05, 4.69) is 40.3 Å². The number of hydrogen-bond acceptors (Lipinski definition) is 4. The second kappa shape index (κ2) is 6.33. The maximum atomic E-state index is 11.9. The van der Waals surface area contributed by atoms with E-state index in [1.807, 2.05) is 10.8 Å². The molecule has 1 aromatic carbocycles. The van der Waals surface area contributed by atoms with Gasteiger partial charge >= 0.3 is 11.8 Å². The lowest BCUT2D eigenvalue weighted by atomic mass is 10.0. The average Bonchev–Trinajstić information content (AvgIpc) is 3.15. The van der Waals surface area contributed by atoms with Gasteiger partial charge in [0.25, 0.3) is 0 Å². The molecule has 1 aromatic heterocycles. The van der Waals surface area contributed by atoms with Gasteiger partial charge in [-0.25, -0.2) is 4.98 Å². The van der Waals surface area contributed by atoms with Gasteiger partial charge in [-0.1, -0.05) is 6.07 Å². The molecule has 2 saturated heterocycles. The molecule has 0 saturated carbocycles. The van der Waals surface area contributed by atoms with E-state index in [-0.39, 0.29) is 6.04 Å². The van der Waals surface area contributed by atoms with Crippen LogP contribution in [0.5, 0.6) is 0 Å². The smallest absolute Gasteiger partial charge is 0.312 e. The quantitative estimate of drug-likeness (QED) is 0.818. The van der Waals surface area contributed by atoms with Crippen molar-refractivity contribution < 1.29 is 9.59 Å². The minimum atomic E-state index is -0.476. The van der Waals surface area contributed by atoms with Crippen molar-refractivity contribution in [1.82, 2.24) is 24.7 Å². The Morgan fingerprint density at radius 3 is 2.92 bits per heavy atom. The van der Waals surface area contributed by atoms with Crippen LogP contribution in [0.1, 0.15) is 11.1 Å². The van der Waals surface area contributed by atoms with Crippen LogP contribution in [0, 0.1) is 6.92 Å². The summed E-state index contributed by atoms with van der Waals surface area (Å²) in [5.74, 6) is -0.868. The second-order valence-corrected chi connectivity index (χ2v) is 6.68. The number of aryl methyl sites for hydroxylation is 1. The van der Waals surface area contributed by atoms with Crippen molar-refractivity contribution in [3.8, 4) is 5.69 Å². The van der Waals surface area contributed by atoms with Gasteiger partial charge in [0.1, 0.15) is 0 Å². The highest BCUT2D eigenvalue weighted by Gasteiger charge is 2.37. The first-order valence-electron chi connectivity index (χ1n) is 8.51. The lowest BCUT2D eigenvalue weighted by Crippen LogP contribution is -2.65. The molecule has 4 rings (SSSR count). The molecule has 2 fully saturated rings. The number of benzene rings is 1. The number of imidazole rings is 1. The van der Waals surface area contributed by atoms with Crippen molar-refractivity contribution in [2.75, 3.05) is 26.2 Å². The van der Waals surface area contributed by atoms with Crippen LogP contribution in [0.25, 0.3) is 5.69 Å². The lowest BCUT2D eigenvalue weighted by Gasteiger charge is -2.43. The fraction of sp³-hybridized carbons (Fsp3) is 0.389. The first-order chi connectivity index (χ1) is 12.1. The van der Waals surface area contributed by atoms with E-state index in [1.165, 1.54) is 11.1 Å². The molecule has 7 nitrogen and oxygen atoms in total. The monoisotopic (exact) mass is 339 g/mol. The van der Waals surface area contributed by atoms with Gasteiger partial charge in [-0.15, -0.1) is 0 Å². The molecule has 0 radical (unpaired) electrons. The third-order valence-corrected chi connectivity index (χ3v) is 5.04. The summed E-state index contributed by atoms with van der Waals surface area (Å²) < 4.78 is 1.99. The maximum absolute atomic E-state index is 11.9. The first-order valence-corrected chi connectivity index (χ1v) is 8.51. The number of aromatic nitrogens is 2. The van der Waals surface area contributed by atoms with Gasteiger partial charge in [0, 0.05) is 50.8 Å².